The second-order valence-corrected chi connectivity index (χ2v) is 13.5. The van der Waals surface area contributed by atoms with Crippen LogP contribution in [0.15, 0.2) is 24.3 Å². The molecule has 264 valence electrons. The van der Waals surface area contributed by atoms with E-state index in [1.54, 1.807) is 14.7 Å². The number of rotatable bonds is 15. The molecule has 2 rings (SSSR count). The minimum atomic E-state index is -1.02. The summed E-state index contributed by atoms with van der Waals surface area (Å²) in [5.41, 5.74) is 1.59. The number of Topliss-reactive ketones (excluding diaryl/α,β-unsaturated/α-hetero) is 1. The molecule has 1 saturated heterocycles. The van der Waals surface area contributed by atoms with E-state index in [-0.39, 0.29) is 61.9 Å². The largest absolute Gasteiger partial charge is 0.480 e. The first-order valence-corrected chi connectivity index (χ1v) is 16.2. The van der Waals surface area contributed by atoms with E-state index in [2.05, 4.69) is 10.6 Å². The van der Waals surface area contributed by atoms with Crippen LogP contribution in [0.3, 0.4) is 0 Å². The van der Waals surface area contributed by atoms with Crippen LogP contribution in [0.4, 0.5) is 0 Å². The van der Waals surface area contributed by atoms with Crippen molar-refractivity contribution in [2.75, 3.05) is 78.5 Å². The molecular formula is C33H54N6O8. The van der Waals surface area contributed by atoms with Crippen molar-refractivity contribution in [3.63, 3.8) is 0 Å². The zero-order chi connectivity index (χ0) is 35.1. The van der Waals surface area contributed by atoms with Crippen LogP contribution in [-0.4, -0.2) is 155 Å². The van der Waals surface area contributed by atoms with Gasteiger partial charge in [-0.15, -0.1) is 0 Å². The van der Waals surface area contributed by atoms with Crippen molar-refractivity contribution in [1.82, 2.24) is 30.2 Å². The molecule has 14 nitrogen and oxygen atoms in total. The predicted octanol–water partition coefficient (Wildman–Crippen LogP) is 0.303. The Bertz CT molecular complexity index is 1170. The number of carboxylic acids is 3. The van der Waals surface area contributed by atoms with Crippen LogP contribution in [0.2, 0.25) is 0 Å². The highest BCUT2D eigenvalue weighted by molar-refractivity contribution is 5.86. The summed E-state index contributed by atoms with van der Waals surface area (Å²) < 4.78 is 0. The maximum absolute atomic E-state index is 13.2. The number of carboxylic acid groups (broad SMARTS) is 3. The second-order valence-electron chi connectivity index (χ2n) is 13.5. The van der Waals surface area contributed by atoms with Crippen molar-refractivity contribution >= 4 is 29.6 Å². The maximum atomic E-state index is 13.2. The first-order chi connectivity index (χ1) is 22.0. The van der Waals surface area contributed by atoms with E-state index in [1.165, 1.54) is 0 Å². The average Bonchev–Trinajstić information content (AvgIpc) is 2.95. The van der Waals surface area contributed by atoms with Crippen LogP contribution in [0.25, 0.3) is 0 Å². The quantitative estimate of drug-likeness (QED) is 0.173. The molecule has 1 fully saturated rings. The summed E-state index contributed by atoms with van der Waals surface area (Å²) in [6.45, 7) is 12.0. The van der Waals surface area contributed by atoms with E-state index in [4.69, 9.17) is 0 Å². The molecule has 47 heavy (non-hydrogen) atoms. The number of aliphatic carboxylic acids is 3. The zero-order valence-electron chi connectivity index (χ0n) is 28.5. The number of amides is 1. The van der Waals surface area contributed by atoms with E-state index in [0.29, 0.717) is 58.8 Å². The molecule has 0 unspecified atom stereocenters. The van der Waals surface area contributed by atoms with Gasteiger partial charge in [0.1, 0.15) is 0 Å². The maximum Gasteiger partial charge on any atom is 0.317 e. The molecule has 1 aliphatic heterocycles. The highest BCUT2D eigenvalue weighted by atomic mass is 16.4. The first-order valence-electron chi connectivity index (χ1n) is 16.2. The van der Waals surface area contributed by atoms with Crippen molar-refractivity contribution in [3.8, 4) is 0 Å². The monoisotopic (exact) mass is 662 g/mol. The third kappa shape index (κ3) is 16.3. The topological polar surface area (TPSA) is 183 Å². The lowest BCUT2D eigenvalue weighted by Crippen LogP contribution is -2.50. The summed E-state index contributed by atoms with van der Waals surface area (Å²) in [5, 5.41) is 34.7. The van der Waals surface area contributed by atoms with E-state index >= 15 is 0 Å². The number of hydrogen-bond acceptors (Lipinski definition) is 10. The Kier molecular flexibility index (Phi) is 16.4. The zero-order valence-corrected chi connectivity index (χ0v) is 28.5. The summed E-state index contributed by atoms with van der Waals surface area (Å²) in [4.78, 5) is 67.8. The summed E-state index contributed by atoms with van der Waals surface area (Å²) in [6.07, 6.45) is 0.481. The molecular weight excluding hydrogens is 608 g/mol. The Labute approximate surface area is 278 Å². The van der Waals surface area contributed by atoms with Gasteiger partial charge in [-0.25, -0.2) is 0 Å². The normalized spacial score (nSPS) is 17.4. The third-order valence-corrected chi connectivity index (χ3v) is 7.91. The van der Waals surface area contributed by atoms with E-state index < -0.39 is 17.9 Å². The number of carbonyl (C=O) groups is 5. The van der Waals surface area contributed by atoms with Crippen LogP contribution in [0, 0.1) is 5.92 Å². The van der Waals surface area contributed by atoms with Gasteiger partial charge in [0, 0.05) is 70.4 Å². The fourth-order valence-electron chi connectivity index (χ4n) is 5.53. The molecule has 1 aliphatic rings. The van der Waals surface area contributed by atoms with Crippen molar-refractivity contribution < 1.29 is 39.3 Å². The molecule has 0 bridgehead atoms. The summed E-state index contributed by atoms with van der Waals surface area (Å²) in [7, 11) is 0. The molecule has 0 aromatic heterocycles. The third-order valence-electron chi connectivity index (χ3n) is 7.91. The number of carbonyl (C=O) groups excluding carboxylic acids is 2. The number of hydrogen-bond donors (Lipinski definition) is 5. The van der Waals surface area contributed by atoms with Crippen molar-refractivity contribution in [2.24, 2.45) is 5.92 Å². The molecule has 0 saturated carbocycles. The van der Waals surface area contributed by atoms with Gasteiger partial charge >= 0.3 is 17.9 Å². The smallest absolute Gasteiger partial charge is 0.317 e. The molecule has 1 heterocycles. The molecule has 1 aromatic rings. The molecule has 0 aliphatic carbocycles. The minimum Gasteiger partial charge on any atom is -0.480 e. The van der Waals surface area contributed by atoms with E-state index in [1.807, 2.05) is 63.8 Å². The van der Waals surface area contributed by atoms with Crippen LogP contribution in [0.5, 0.6) is 0 Å². The summed E-state index contributed by atoms with van der Waals surface area (Å²) in [6, 6.07) is 7.32. The van der Waals surface area contributed by atoms with Gasteiger partial charge < -0.3 is 26.0 Å². The highest BCUT2D eigenvalue weighted by Gasteiger charge is 2.27. The Hall–Kier alpha value is -3.43. The lowest BCUT2D eigenvalue weighted by Gasteiger charge is -2.32. The fraction of sp³-hybridized carbons (Fsp3) is 0.667. The van der Waals surface area contributed by atoms with Crippen molar-refractivity contribution in [2.45, 2.75) is 59.2 Å². The SMILES string of the molecule is CC(C)C(=O)[C@H](Cc1ccccc1CNC(=O)CN1CCN(CC(=O)O)CCN(CC(=O)O)CCN(CC(=O)O)CC1)NC(C)(C)C. The lowest BCUT2D eigenvalue weighted by atomic mass is 9.91. The van der Waals surface area contributed by atoms with Gasteiger partial charge in [0.05, 0.1) is 32.2 Å². The molecule has 1 atom stereocenters. The Morgan fingerprint density at radius 1 is 0.681 bits per heavy atom. The lowest BCUT2D eigenvalue weighted by molar-refractivity contribution is -0.140. The van der Waals surface area contributed by atoms with Gasteiger partial charge in [-0.3, -0.25) is 43.6 Å². The van der Waals surface area contributed by atoms with Gasteiger partial charge in [0.2, 0.25) is 5.91 Å². The number of ketones is 1. The minimum absolute atomic E-state index is 0.0230. The Morgan fingerprint density at radius 3 is 1.43 bits per heavy atom. The number of nitrogens with one attached hydrogen (secondary N) is 2. The van der Waals surface area contributed by atoms with Gasteiger partial charge in [0.15, 0.2) is 5.78 Å². The van der Waals surface area contributed by atoms with Crippen LogP contribution < -0.4 is 10.6 Å². The first kappa shape index (κ1) is 39.7. The average molecular weight is 663 g/mol. The van der Waals surface area contributed by atoms with Gasteiger partial charge in [-0.1, -0.05) is 38.1 Å². The van der Waals surface area contributed by atoms with Crippen LogP contribution >= 0.6 is 0 Å². The number of benzene rings is 1. The summed E-state index contributed by atoms with van der Waals surface area (Å²) >= 11 is 0. The van der Waals surface area contributed by atoms with E-state index in [9.17, 15) is 39.3 Å². The summed E-state index contributed by atoms with van der Waals surface area (Å²) in [5.74, 6) is -3.28. The fourth-order valence-corrected chi connectivity index (χ4v) is 5.53. The number of nitrogens with zero attached hydrogens (tertiary/aromatic N) is 4. The molecule has 0 radical (unpaired) electrons. The molecule has 5 N–H and O–H groups in total. The Morgan fingerprint density at radius 2 is 1.06 bits per heavy atom. The molecule has 1 aromatic carbocycles. The van der Waals surface area contributed by atoms with Gasteiger partial charge in [-0.05, 0) is 38.3 Å². The van der Waals surface area contributed by atoms with Crippen molar-refractivity contribution in [3.05, 3.63) is 35.4 Å². The van der Waals surface area contributed by atoms with Gasteiger partial charge in [-0.2, -0.15) is 0 Å². The standard InChI is InChI=1S/C33H54N6O8/c1-24(2)32(47)27(35-33(3,4)5)18-25-8-6-7-9-26(25)19-34-28(40)20-36-10-12-37(21-29(41)42)14-16-39(23-31(45)46)17-15-38(13-11-36)22-30(43)44/h6-9,24,27,35H,10-23H2,1-5H3,(H,34,40)(H,41,42)(H,43,44)(H,45,46)/t27-/m0/s1. The predicted molar refractivity (Wildman–Crippen MR) is 177 cm³/mol. The van der Waals surface area contributed by atoms with E-state index in [0.717, 1.165) is 11.1 Å². The molecule has 0 spiro atoms. The highest BCUT2D eigenvalue weighted by Crippen LogP contribution is 2.16. The van der Waals surface area contributed by atoms with Crippen LogP contribution in [0.1, 0.15) is 45.7 Å². The second kappa shape index (κ2) is 19.4. The Balaban J connectivity index is 2.15. The van der Waals surface area contributed by atoms with Gasteiger partial charge in [0.25, 0.3) is 0 Å². The molecule has 1 amide bonds. The molecule has 14 heteroatoms. The van der Waals surface area contributed by atoms with Crippen LogP contribution in [-0.2, 0) is 36.9 Å². The van der Waals surface area contributed by atoms with Crippen molar-refractivity contribution in [1.29, 1.82) is 0 Å².